The number of carboxylic acids is 1. The van der Waals surface area contributed by atoms with Gasteiger partial charge < -0.3 is 15.2 Å². The monoisotopic (exact) mass is 313 g/mol. The first-order chi connectivity index (χ1) is 9.85. The van der Waals surface area contributed by atoms with Gasteiger partial charge in [-0.05, 0) is 18.9 Å². The molecule has 0 spiro atoms. The number of carbonyl (C=O) groups excluding carboxylic acids is 2. The minimum Gasteiger partial charge on any atom is -0.481 e. The van der Waals surface area contributed by atoms with Crippen LogP contribution in [0.5, 0.6) is 0 Å². The van der Waals surface area contributed by atoms with Crippen LogP contribution in [0.25, 0.3) is 0 Å². The summed E-state index contributed by atoms with van der Waals surface area (Å²) in [5.74, 6) is -1.74. The SMILES string of the molecule is CCOC(=O)c1cc(C(C)C)sc1NC(=O)CCC(=O)O. The Labute approximate surface area is 127 Å². The lowest BCUT2D eigenvalue weighted by molar-refractivity contribution is -0.138. The number of hydrogen-bond acceptors (Lipinski definition) is 5. The average molecular weight is 313 g/mol. The van der Waals surface area contributed by atoms with Crippen LogP contribution in [-0.4, -0.2) is 29.6 Å². The third-order valence-corrected chi connectivity index (χ3v) is 3.99. The number of esters is 1. The van der Waals surface area contributed by atoms with Gasteiger partial charge in [-0.1, -0.05) is 13.8 Å². The van der Waals surface area contributed by atoms with Gasteiger partial charge in [0.25, 0.3) is 0 Å². The Kier molecular flexibility index (Phi) is 6.36. The van der Waals surface area contributed by atoms with Gasteiger partial charge >= 0.3 is 11.9 Å². The molecule has 0 aliphatic rings. The minimum atomic E-state index is -1.04. The summed E-state index contributed by atoms with van der Waals surface area (Å²) in [4.78, 5) is 35.0. The number of ether oxygens (including phenoxy) is 1. The largest absolute Gasteiger partial charge is 0.481 e. The number of nitrogens with one attached hydrogen (secondary N) is 1. The van der Waals surface area contributed by atoms with E-state index < -0.39 is 17.8 Å². The number of anilines is 1. The van der Waals surface area contributed by atoms with Gasteiger partial charge in [0.1, 0.15) is 5.00 Å². The van der Waals surface area contributed by atoms with E-state index in [1.54, 1.807) is 13.0 Å². The van der Waals surface area contributed by atoms with Crippen LogP contribution in [0.3, 0.4) is 0 Å². The molecule has 2 N–H and O–H groups in total. The van der Waals surface area contributed by atoms with Crippen molar-refractivity contribution in [1.29, 1.82) is 0 Å². The van der Waals surface area contributed by atoms with Gasteiger partial charge in [-0.15, -0.1) is 11.3 Å². The molecule has 0 saturated heterocycles. The predicted octanol–water partition coefficient (Wildman–Crippen LogP) is 2.85. The molecule has 0 aromatic carbocycles. The molecule has 1 rings (SSSR count). The highest BCUT2D eigenvalue weighted by Gasteiger charge is 2.20. The normalized spacial score (nSPS) is 10.5. The Hall–Kier alpha value is -1.89. The Morgan fingerprint density at radius 1 is 1.33 bits per heavy atom. The fourth-order valence-electron chi connectivity index (χ4n) is 1.56. The first-order valence-electron chi connectivity index (χ1n) is 6.67. The van der Waals surface area contributed by atoms with Gasteiger partial charge in [0.15, 0.2) is 0 Å². The lowest BCUT2D eigenvalue weighted by atomic mass is 10.1. The van der Waals surface area contributed by atoms with Crippen molar-refractivity contribution in [2.24, 2.45) is 0 Å². The van der Waals surface area contributed by atoms with Gasteiger partial charge in [-0.25, -0.2) is 4.79 Å². The fourth-order valence-corrected chi connectivity index (χ4v) is 2.62. The van der Waals surface area contributed by atoms with E-state index >= 15 is 0 Å². The second kappa shape index (κ2) is 7.78. The fraction of sp³-hybridized carbons (Fsp3) is 0.500. The average Bonchev–Trinajstić information content (AvgIpc) is 2.81. The van der Waals surface area contributed by atoms with Gasteiger partial charge in [0.2, 0.25) is 5.91 Å². The van der Waals surface area contributed by atoms with E-state index in [0.29, 0.717) is 10.6 Å². The number of thiophene rings is 1. The molecule has 0 atom stereocenters. The van der Waals surface area contributed by atoms with Crippen molar-refractivity contribution in [1.82, 2.24) is 0 Å². The summed E-state index contributed by atoms with van der Waals surface area (Å²) in [5, 5.41) is 11.6. The van der Waals surface area contributed by atoms with Crippen LogP contribution in [0, 0.1) is 0 Å². The Morgan fingerprint density at radius 3 is 2.52 bits per heavy atom. The molecule has 116 valence electrons. The highest BCUT2D eigenvalue weighted by molar-refractivity contribution is 7.16. The molecule has 7 heteroatoms. The Bertz CT molecular complexity index is 535. The zero-order chi connectivity index (χ0) is 16.0. The van der Waals surface area contributed by atoms with Crippen LogP contribution in [0.15, 0.2) is 6.07 Å². The molecule has 1 aromatic heterocycles. The second-order valence-corrected chi connectivity index (χ2v) is 5.79. The quantitative estimate of drug-likeness (QED) is 0.755. The van der Waals surface area contributed by atoms with Crippen LogP contribution in [0.1, 0.15) is 54.8 Å². The number of hydrogen-bond donors (Lipinski definition) is 2. The third-order valence-electron chi connectivity index (χ3n) is 2.63. The molecule has 1 heterocycles. The smallest absolute Gasteiger partial charge is 0.341 e. The van der Waals surface area contributed by atoms with Crippen LogP contribution < -0.4 is 5.32 Å². The zero-order valence-electron chi connectivity index (χ0n) is 12.3. The molecule has 1 aromatic rings. The van der Waals surface area contributed by atoms with E-state index in [-0.39, 0.29) is 25.4 Å². The van der Waals surface area contributed by atoms with E-state index in [2.05, 4.69) is 5.32 Å². The van der Waals surface area contributed by atoms with E-state index in [1.165, 1.54) is 11.3 Å². The minimum absolute atomic E-state index is 0.132. The molecular formula is C14H19NO5S. The Morgan fingerprint density at radius 2 is 2.00 bits per heavy atom. The van der Waals surface area contributed by atoms with Gasteiger partial charge in [0, 0.05) is 11.3 Å². The highest BCUT2D eigenvalue weighted by Crippen LogP contribution is 2.33. The maximum atomic E-state index is 11.9. The number of aliphatic carboxylic acids is 1. The van der Waals surface area contributed by atoms with Crippen molar-refractivity contribution >= 4 is 34.2 Å². The summed E-state index contributed by atoms with van der Waals surface area (Å²) in [7, 11) is 0. The van der Waals surface area contributed by atoms with Crippen molar-refractivity contribution < 1.29 is 24.2 Å². The van der Waals surface area contributed by atoms with Crippen LogP contribution >= 0.6 is 11.3 Å². The maximum absolute atomic E-state index is 11.9. The molecule has 0 aliphatic carbocycles. The maximum Gasteiger partial charge on any atom is 0.341 e. The van der Waals surface area contributed by atoms with E-state index in [9.17, 15) is 14.4 Å². The van der Waals surface area contributed by atoms with E-state index in [4.69, 9.17) is 9.84 Å². The number of carbonyl (C=O) groups is 3. The highest BCUT2D eigenvalue weighted by atomic mass is 32.1. The molecule has 0 aliphatic heterocycles. The van der Waals surface area contributed by atoms with Crippen molar-refractivity contribution in [3.8, 4) is 0 Å². The zero-order valence-corrected chi connectivity index (χ0v) is 13.1. The number of rotatable bonds is 7. The van der Waals surface area contributed by atoms with Crippen molar-refractivity contribution in [2.45, 2.75) is 39.5 Å². The van der Waals surface area contributed by atoms with Crippen molar-refractivity contribution in [2.75, 3.05) is 11.9 Å². The summed E-state index contributed by atoms with van der Waals surface area (Å²) in [5.41, 5.74) is 0.314. The van der Waals surface area contributed by atoms with Gasteiger partial charge in [0.05, 0.1) is 18.6 Å². The lowest BCUT2D eigenvalue weighted by Gasteiger charge is -2.05. The van der Waals surface area contributed by atoms with Crippen LogP contribution in [0.4, 0.5) is 5.00 Å². The van der Waals surface area contributed by atoms with Gasteiger partial charge in [-0.2, -0.15) is 0 Å². The lowest BCUT2D eigenvalue weighted by Crippen LogP contribution is -2.15. The molecule has 0 saturated carbocycles. The first-order valence-corrected chi connectivity index (χ1v) is 7.49. The molecule has 1 amide bonds. The molecule has 0 unspecified atom stereocenters. The predicted molar refractivity (Wildman–Crippen MR) is 79.9 cm³/mol. The van der Waals surface area contributed by atoms with Crippen molar-refractivity contribution in [3.05, 3.63) is 16.5 Å². The molecule has 21 heavy (non-hydrogen) atoms. The second-order valence-electron chi connectivity index (χ2n) is 4.71. The Balaban J connectivity index is 2.90. The van der Waals surface area contributed by atoms with E-state index in [1.807, 2.05) is 13.8 Å². The van der Waals surface area contributed by atoms with Crippen LogP contribution in [-0.2, 0) is 14.3 Å². The molecule has 6 nitrogen and oxygen atoms in total. The number of amides is 1. The molecule has 0 radical (unpaired) electrons. The van der Waals surface area contributed by atoms with Crippen molar-refractivity contribution in [3.63, 3.8) is 0 Å². The molecule has 0 bridgehead atoms. The summed E-state index contributed by atoms with van der Waals surface area (Å²) in [6, 6.07) is 1.71. The van der Waals surface area contributed by atoms with Gasteiger partial charge in [-0.3, -0.25) is 9.59 Å². The van der Waals surface area contributed by atoms with Crippen LogP contribution in [0.2, 0.25) is 0 Å². The van der Waals surface area contributed by atoms with E-state index in [0.717, 1.165) is 4.88 Å². The summed E-state index contributed by atoms with van der Waals surface area (Å²) < 4.78 is 4.96. The molecule has 0 fully saturated rings. The standard InChI is InChI=1S/C14H19NO5S/c1-4-20-14(19)9-7-10(8(2)3)21-13(9)15-11(16)5-6-12(17)18/h7-8H,4-6H2,1-3H3,(H,15,16)(H,17,18). The topological polar surface area (TPSA) is 92.7 Å². The molecular weight excluding hydrogens is 294 g/mol. The summed E-state index contributed by atoms with van der Waals surface area (Å²) >= 11 is 1.30. The third kappa shape index (κ3) is 5.18. The first kappa shape index (κ1) is 17.2. The summed E-state index contributed by atoms with van der Waals surface area (Å²) in [6.45, 7) is 5.92. The summed E-state index contributed by atoms with van der Waals surface area (Å²) in [6.07, 6.45) is -0.379. The number of carboxylic acid groups (broad SMARTS) is 1.